The van der Waals surface area contributed by atoms with Gasteiger partial charge in [0.2, 0.25) is 0 Å². The molecule has 12 heteroatoms. The van der Waals surface area contributed by atoms with E-state index in [4.69, 9.17) is 22.1 Å². The molecule has 0 unspecified atom stereocenters. The Balaban J connectivity index is 1.66. The SMILES string of the molecule is CC[C@@H]1CN(C(=O)c2ccc(C(F)(F)F)cc2Cl)CCN1c1ccc(-c2ccccc2C(=O)OC)cc1C(=O)NCCN. The maximum Gasteiger partial charge on any atom is 0.416 e. The van der Waals surface area contributed by atoms with E-state index in [1.807, 2.05) is 24.0 Å². The third kappa shape index (κ3) is 6.94. The van der Waals surface area contributed by atoms with Gasteiger partial charge in [0, 0.05) is 44.5 Å². The number of piperazine rings is 1. The highest BCUT2D eigenvalue weighted by molar-refractivity contribution is 6.33. The van der Waals surface area contributed by atoms with E-state index in [1.165, 1.54) is 7.11 Å². The Morgan fingerprint density at radius 1 is 1.02 bits per heavy atom. The number of halogens is 4. The summed E-state index contributed by atoms with van der Waals surface area (Å²) in [6.45, 7) is 3.34. The van der Waals surface area contributed by atoms with E-state index >= 15 is 0 Å². The van der Waals surface area contributed by atoms with Crippen LogP contribution in [0.1, 0.15) is 50.0 Å². The van der Waals surface area contributed by atoms with Gasteiger partial charge in [-0.3, -0.25) is 9.59 Å². The summed E-state index contributed by atoms with van der Waals surface area (Å²) in [6.07, 6.45) is -3.96. The Labute approximate surface area is 252 Å². The maximum atomic E-state index is 13.4. The second kappa shape index (κ2) is 13.5. The first-order valence-electron chi connectivity index (χ1n) is 13.7. The largest absolute Gasteiger partial charge is 0.465 e. The Morgan fingerprint density at radius 3 is 2.42 bits per heavy atom. The van der Waals surface area contributed by atoms with Crippen LogP contribution in [0.4, 0.5) is 18.9 Å². The molecule has 0 radical (unpaired) electrons. The van der Waals surface area contributed by atoms with Crippen molar-refractivity contribution in [2.75, 3.05) is 44.7 Å². The molecule has 1 atom stereocenters. The van der Waals surface area contributed by atoms with Gasteiger partial charge in [-0.2, -0.15) is 13.2 Å². The number of hydrogen-bond acceptors (Lipinski definition) is 6. The molecule has 3 aromatic carbocycles. The van der Waals surface area contributed by atoms with Gasteiger partial charge in [-0.15, -0.1) is 0 Å². The average Bonchev–Trinajstić information content (AvgIpc) is 3.01. The third-order valence-corrected chi connectivity index (χ3v) is 7.70. The smallest absolute Gasteiger partial charge is 0.416 e. The van der Waals surface area contributed by atoms with E-state index in [2.05, 4.69) is 5.32 Å². The molecule has 0 bridgehead atoms. The summed E-state index contributed by atoms with van der Waals surface area (Å²) in [6, 6.07) is 14.8. The molecule has 0 aliphatic carbocycles. The quantitative estimate of drug-likeness (QED) is 0.336. The number of anilines is 1. The fourth-order valence-corrected chi connectivity index (χ4v) is 5.44. The van der Waals surface area contributed by atoms with Crippen molar-refractivity contribution in [3.05, 3.63) is 87.9 Å². The lowest BCUT2D eigenvalue weighted by Gasteiger charge is -2.43. The van der Waals surface area contributed by atoms with Crippen molar-refractivity contribution in [3.63, 3.8) is 0 Å². The zero-order valence-corrected chi connectivity index (χ0v) is 24.5. The highest BCUT2D eigenvalue weighted by atomic mass is 35.5. The van der Waals surface area contributed by atoms with E-state index in [-0.39, 0.29) is 48.7 Å². The van der Waals surface area contributed by atoms with Gasteiger partial charge in [0.15, 0.2) is 0 Å². The van der Waals surface area contributed by atoms with E-state index in [9.17, 15) is 27.6 Å². The van der Waals surface area contributed by atoms with Crippen LogP contribution in [-0.4, -0.2) is 68.6 Å². The number of alkyl halides is 3. The van der Waals surface area contributed by atoms with Crippen molar-refractivity contribution in [2.45, 2.75) is 25.6 Å². The van der Waals surface area contributed by atoms with Crippen molar-refractivity contribution >= 4 is 35.1 Å². The van der Waals surface area contributed by atoms with Gasteiger partial charge in [0.1, 0.15) is 0 Å². The summed E-state index contributed by atoms with van der Waals surface area (Å²) in [4.78, 5) is 42.7. The predicted octanol–water partition coefficient (Wildman–Crippen LogP) is 5.24. The number of nitrogens with one attached hydrogen (secondary N) is 1. The van der Waals surface area contributed by atoms with Crippen LogP contribution < -0.4 is 16.0 Å². The number of methoxy groups -OCH3 is 1. The van der Waals surface area contributed by atoms with Crippen LogP contribution in [0.2, 0.25) is 5.02 Å². The first kappa shape index (κ1) is 31.8. The maximum absolute atomic E-state index is 13.4. The number of hydrogen-bond donors (Lipinski definition) is 2. The Hall–Kier alpha value is -4.09. The van der Waals surface area contributed by atoms with Crippen LogP contribution in [0.25, 0.3) is 11.1 Å². The van der Waals surface area contributed by atoms with E-state index in [1.54, 1.807) is 35.2 Å². The molecule has 1 aliphatic heterocycles. The molecule has 0 saturated carbocycles. The molecule has 43 heavy (non-hydrogen) atoms. The number of ether oxygens (including phenoxy) is 1. The Kier molecular flexibility index (Phi) is 9.98. The van der Waals surface area contributed by atoms with Crippen molar-refractivity contribution in [1.82, 2.24) is 10.2 Å². The number of amides is 2. The summed E-state index contributed by atoms with van der Waals surface area (Å²) in [5.41, 5.74) is 7.29. The lowest BCUT2D eigenvalue weighted by molar-refractivity contribution is -0.137. The number of nitrogens with two attached hydrogens (primary N) is 1. The molecule has 3 aromatic rings. The molecule has 2 amide bonds. The number of nitrogens with zero attached hydrogens (tertiary/aromatic N) is 2. The number of esters is 1. The monoisotopic (exact) mass is 616 g/mol. The fraction of sp³-hybridized carbons (Fsp3) is 0.323. The summed E-state index contributed by atoms with van der Waals surface area (Å²) in [5, 5.41) is 2.55. The fourth-order valence-electron chi connectivity index (χ4n) is 5.18. The van der Waals surface area contributed by atoms with E-state index in [0.717, 1.165) is 18.2 Å². The van der Waals surface area contributed by atoms with Gasteiger partial charge in [-0.05, 0) is 53.9 Å². The first-order chi connectivity index (χ1) is 20.5. The molecule has 1 saturated heterocycles. The minimum Gasteiger partial charge on any atom is -0.465 e. The van der Waals surface area contributed by atoms with Gasteiger partial charge < -0.3 is 25.6 Å². The number of benzene rings is 3. The van der Waals surface area contributed by atoms with Crippen LogP contribution >= 0.6 is 11.6 Å². The summed E-state index contributed by atoms with van der Waals surface area (Å²) in [7, 11) is 1.30. The number of carbonyl (C=O) groups is 3. The van der Waals surface area contributed by atoms with Crippen LogP contribution in [0.15, 0.2) is 60.7 Å². The minimum atomic E-state index is -4.57. The van der Waals surface area contributed by atoms with Gasteiger partial charge in [0.05, 0.1) is 34.4 Å². The zero-order valence-electron chi connectivity index (χ0n) is 23.7. The molecule has 0 spiro atoms. The number of carbonyl (C=O) groups excluding carboxylic acids is 3. The topological polar surface area (TPSA) is 105 Å². The van der Waals surface area contributed by atoms with Crippen molar-refractivity contribution in [3.8, 4) is 11.1 Å². The molecule has 1 fully saturated rings. The van der Waals surface area contributed by atoms with E-state index < -0.39 is 23.6 Å². The summed E-state index contributed by atoms with van der Waals surface area (Å²) < 4.78 is 44.2. The van der Waals surface area contributed by atoms with Gasteiger partial charge in [0.25, 0.3) is 11.8 Å². The highest BCUT2D eigenvalue weighted by Crippen LogP contribution is 2.35. The number of rotatable bonds is 8. The molecule has 228 valence electrons. The van der Waals surface area contributed by atoms with Crippen LogP contribution in [0.5, 0.6) is 0 Å². The van der Waals surface area contributed by atoms with Crippen LogP contribution in [-0.2, 0) is 10.9 Å². The van der Waals surface area contributed by atoms with Crippen molar-refractivity contribution < 1.29 is 32.3 Å². The van der Waals surface area contributed by atoms with Gasteiger partial charge >= 0.3 is 12.1 Å². The Morgan fingerprint density at radius 2 is 1.77 bits per heavy atom. The normalized spacial score (nSPS) is 15.3. The average molecular weight is 617 g/mol. The summed E-state index contributed by atoms with van der Waals surface area (Å²) >= 11 is 6.11. The molecule has 8 nitrogen and oxygen atoms in total. The minimum absolute atomic E-state index is 0.00607. The molecule has 1 heterocycles. The predicted molar refractivity (Wildman–Crippen MR) is 158 cm³/mol. The zero-order chi connectivity index (χ0) is 31.3. The summed E-state index contributed by atoms with van der Waals surface area (Å²) in [5.74, 6) is -1.32. The molecular formula is C31H32ClF3N4O4. The van der Waals surface area contributed by atoms with E-state index in [0.29, 0.717) is 40.9 Å². The van der Waals surface area contributed by atoms with Crippen LogP contribution in [0, 0.1) is 0 Å². The lowest BCUT2D eigenvalue weighted by atomic mass is 9.95. The molecule has 3 N–H and O–H groups in total. The van der Waals surface area contributed by atoms with Crippen LogP contribution in [0.3, 0.4) is 0 Å². The second-order valence-electron chi connectivity index (χ2n) is 10.0. The van der Waals surface area contributed by atoms with Gasteiger partial charge in [-0.1, -0.05) is 42.8 Å². The van der Waals surface area contributed by atoms with Crippen molar-refractivity contribution in [2.24, 2.45) is 5.73 Å². The standard InChI is InChI=1S/C31H32ClF3N4O4/c1-3-21-18-38(29(41)24-10-9-20(17-26(24)32)31(33,34)35)14-15-39(21)27-11-8-19(16-25(27)28(40)37-13-12-36)22-6-4-5-7-23(22)30(42)43-2/h4-11,16-17,21H,3,12-15,18,36H2,1-2H3,(H,37,40)/t21-/m1/s1. The second-order valence-corrected chi connectivity index (χ2v) is 10.4. The van der Waals surface area contributed by atoms with Gasteiger partial charge in [-0.25, -0.2) is 4.79 Å². The molecule has 4 rings (SSSR count). The van der Waals surface area contributed by atoms with Crippen molar-refractivity contribution in [1.29, 1.82) is 0 Å². The highest BCUT2D eigenvalue weighted by Gasteiger charge is 2.34. The molecular weight excluding hydrogens is 585 g/mol. The third-order valence-electron chi connectivity index (χ3n) is 7.39. The lowest BCUT2D eigenvalue weighted by Crippen LogP contribution is -2.55. The Bertz CT molecular complexity index is 1510. The first-order valence-corrected chi connectivity index (χ1v) is 14.1. The molecule has 1 aliphatic rings. The molecule has 0 aromatic heterocycles.